The summed E-state index contributed by atoms with van der Waals surface area (Å²) in [4.78, 5) is 37.6. The molecule has 0 bridgehead atoms. The molecule has 3 unspecified atom stereocenters. The number of carbonyl (C=O) groups excluding carboxylic acids is 2. The molecule has 0 aliphatic rings. The zero-order valence-corrected chi connectivity index (χ0v) is 49.9. The van der Waals surface area contributed by atoms with Crippen LogP contribution in [0.3, 0.4) is 0 Å². The second kappa shape index (κ2) is 54.0. The van der Waals surface area contributed by atoms with E-state index in [1.54, 1.807) is 0 Å². The van der Waals surface area contributed by atoms with Crippen molar-refractivity contribution in [3.63, 3.8) is 0 Å². The quantitative estimate of drug-likeness (QED) is 0.0205. The summed E-state index contributed by atoms with van der Waals surface area (Å²) in [7, 11) is 1.43. The van der Waals surface area contributed by atoms with Gasteiger partial charge in [-0.2, -0.15) is 0 Å². The van der Waals surface area contributed by atoms with Gasteiger partial charge in [0.1, 0.15) is 19.3 Å². The van der Waals surface area contributed by atoms with Gasteiger partial charge in [-0.1, -0.05) is 220 Å². The number of nitrogens with zero attached hydrogens (tertiary/aromatic N) is 1. The van der Waals surface area contributed by atoms with E-state index in [1.165, 1.54) is 109 Å². The highest BCUT2D eigenvalue weighted by Gasteiger charge is 2.30. The molecule has 0 radical (unpaired) electrons. The highest BCUT2D eigenvalue weighted by atomic mass is 31.2. The fraction of sp³-hybridized carbons (Fsp3) is 0.692. The summed E-state index contributed by atoms with van der Waals surface area (Å²) in [6.07, 6.45) is 73.7. The molecular formula is C65H114N2O7P+. The number of amides is 1. The van der Waals surface area contributed by atoms with Gasteiger partial charge in [0.15, 0.2) is 0 Å². The van der Waals surface area contributed by atoms with E-state index in [0.717, 1.165) is 83.5 Å². The molecule has 430 valence electrons. The normalized spacial score (nSPS) is 14.5. The molecule has 0 rings (SSSR count). The van der Waals surface area contributed by atoms with E-state index in [9.17, 15) is 19.0 Å². The number of ether oxygens (including phenoxy) is 1. The van der Waals surface area contributed by atoms with Crippen LogP contribution >= 0.6 is 7.82 Å². The smallest absolute Gasteiger partial charge is 0.456 e. The van der Waals surface area contributed by atoms with Crippen molar-refractivity contribution in [1.82, 2.24) is 5.32 Å². The molecule has 9 nitrogen and oxygen atoms in total. The van der Waals surface area contributed by atoms with Gasteiger partial charge in [-0.3, -0.25) is 18.6 Å². The summed E-state index contributed by atoms with van der Waals surface area (Å²) in [6, 6.07) is -0.894. The summed E-state index contributed by atoms with van der Waals surface area (Å²) in [5, 5.41) is 3.02. The molecule has 0 saturated carbocycles. The van der Waals surface area contributed by atoms with Crippen molar-refractivity contribution in [3.05, 3.63) is 109 Å². The van der Waals surface area contributed by atoms with Gasteiger partial charge in [0.25, 0.3) is 0 Å². The van der Waals surface area contributed by atoms with Crippen LogP contribution in [0.15, 0.2) is 109 Å². The Morgan fingerprint density at radius 2 is 0.827 bits per heavy atom. The minimum Gasteiger partial charge on any atom is -0.456 e. The largest absolute Gasteiger partial charge is 0.472 e. The molecule has 0 aliphatic heterocycles. The molecule has 0 aromatic heterocycles. The van der Waals surface area contributed by atoms with Gasteiger partial charge in [-0.15, -0.1) is 0 Å². The predicted molar refractivity (Wildman–Crippen MR) is 323 cm³/mol. The topological polar surface area (TPSA) is 111 Å². The molecule has 0 fully saturated rings. The zero-order valence-electron chi connectivity index (χ0n) is 49.0. The minimum absolute atomic E-state index is 0.0199. The average Bonchev–Trinajstić information content (AvgIpc) is 3.37. The molecule has 3 atom stereocenters. The number of phosphoric ester groups is 1. The number of unbranched alkanes of at least 4 members (excludes halogenated alkanes) is 21. The van der Waals surface area contributed by atoms with Crippen molar-refractivity contribution in [1.29, 1.82) is 0 Å². The van der Waals surface area contributed by atoms with E-state index in [2.05, 4.69) is 123 Å². The van der Waals surface area contributed by atoms with Gasteiger partial charge in [0, 0.05) is 12.8 Å². The Morgan fingerprint density at radius 3 is 1.27 bits per heavy atom. The summed E-state index contributed by atoms with van der Waals surface area (Å²) in [6.45, 7) is 6.88. The second-order valence-electron chi connectivity index (χ2n) is 21.2. The number of phosphoric acid groups is 1. The summed E-state index contributed by atoms with van der Waals surface area (Å²) in [5.74, 6) is -0.613. The Bertz CT molecular complexity index is 1650. The van der Waals surface area contributed by atoms with E-state index >= 15 is 0 Å². The lowest BCUT2D eigenvalue weighted by molar-refractivity contribution is -0.870. The fourth-order valence-corrected chi connectivity index (χ4v) is 8.71. The Morgan fingerprint density at radius 1 is 0.467 bits per heavy atom. The first kappa shape index (κ1) is 71.7. The molecule has 10 heteroatoms. The third kappa shape index (κ3) is 55.2. The van der Waals surface area contributed by atoms with Gasteiger partial charge in [0.05, 0.1) is 33.8 Å². The molecule has 0 spiro atoms. The number of esters is 1. The number of likely N-dealkylation sites (N-methyl/N-ethyl adjacent to an activating group) is 1. The maximum atomic E-state index is 13.5. The number of nitrogens with one attached hydrogen (secondary N) is 1. The SMILES string of the molecule is CCCCC/C=C\C/C=C\C/C=C\C/C=C\CCCCCC(=O)NC(COP(=O)(O)OCC[N+](C)(C)C)C(/C=C/CCCCCCCCCCCCC)OC(=O)CCC/C=C\C/C=C\C/C=C\C/C=C\CCCCC. The Kier molecular flexibility index (Phi) is 51.6. The number of allylic oxidation sites excluding steroid dienone is 17. The standard InChI is InChI=1S/C65H113N2O7P/c1-7-10-13-16-19-22-25-28-30-32-33-35-36-39-42-45-48-51-54-57-64(68)66-62(61-73-75(70,71)72-60-59-67(4,5)6)63(56-53-50-47-44-41-38-27-24-21-18-15-12-9-3)74-65(69)58-55-52-49-46-43-40-37-34-31-29-26-23-20-17-14-11-8-2/h19-20,22-23,28-31,33,35,37,39-40,42,46,49,53,56,62-63H,7-18,21,24-27,32,34,36,38,41,43-45,47-48,50-52,54-55,57-61H2,1-6H3,(H-,66,68,70,71)/p+1/b22-19-,23-20-,30-28-,31-29-,35-33-,40-37-,42-39-,49-46-,56-53+. The lowest BCUT2D eigenvalue weighted by atomic mass is 10.0. The highest BCUT2D eigenvalue weighted by Crippen LogP contribution is 2.43. The van der Waals surface area contributed by atoms with Crippen molar-refractivity contribution >= 4 is 19.7 Å². The average molecular weight is 1070 g/mol. The summed E-state index contributed by atoms with van der Waals surface area (Å²) in [5.41, 5.74) is 0. The van der Waals surface area contributed by atoms with E-state index in [0.29, 0.717) is 23.9 Å². The maximum absolute atomic E-state index is 13.5. The van der Waals surface area contributed by atoms with Gasteiger partial charge in [-0.25, -0.2) is 4.57 Å². The van der Waals surface area contributed by atoms with Crippen LogP contribution in [-0.4, -0.2) is 74.3 Å². The minimum atomic E-state index is -4.48. The van der Waals surface area contributed by atoms with Crippen LogP contribution < -0.4 is 5.32 Å². The van der Waals surface area contributed by atoms with Gasteiger partial charge < -0.3 is 19.4 Å². The van der Waals surface area contributed by atoms with Crippen LogP contribution in [0.5, 0.6) is 0 Å². The summed E-state index contributed by atoms with van der Waals surface area (Å²) < 4.78 is 30.6. The lowest BCUT2D eigenvalue weighted by Crippen LogP contribution is -2.47. The molecule has 75 heavy (non-hydrogen) atoms. The number of rotatable bonds is 53. The van der Waals surface area contributed by atoms with Gasteiger partial charge >= 0.3 is 13.8 Å². The van der Waals surface area contributed by atoms with Crippen LogP contribution in [-0.2, 0) is 27.9 Å². The Hall–Kier alpha value is -3.33. The fourth-order valence-electron chi connectivity index (χ4n) is 7.97. The van der Waals surface area contributed by atoms with Crippen LogP contribution in [0.25, 0.3) is 0 Å². The van der Waals surface area contributed by atoms with E-state index in [-0.39, 0.29) is 32.0 Å². The van der Waals surface area contributed by atoms with Crippen LogP contribution in [0.1, 0.15) is 239 Å². The molecular weight excluding hydrogens is 952 g/mol. The van der Waals surface area contributed by atoms with Gasteiger partial charge in [0.2, 0.25) is 5.91 Å². The molecule has 1 amide bonds. The highest BCUT2D eigenvalue weighted by molar-refractivity contribution is 7.47. The lowest BCUT2D eigenvalue weighted by Gasteiger charge is -2.27. The molecule has 0 aromatic rings. The van der Waals surface area contributed by atoms with E-state index in [1.807, 2.05) is 33.3 Å². The van der Waals surface area contributed by atoms with Crippen LogP contribution in [0.4, 0.5) is 0 Å². The van der Waals surface area contributed by atoms with Crippen molar-refractivity contribution in [2.24, 2.45) is 0 Å². The van der Waals surface area contributed by atoms with E-state index in [4.69, 9.17) is 13.8 Å². The Balaban J connectivity index is 5.49. The van der Waals surface area contributed by atoms with Gasteiger partial charge in [-0.05, 0) is 115 Å². The molecule has 0 aromatic carbocycles. The first-order chi connectivity index (χ1) is 36.4. The van der Waals surface area contributed by atoms with Crippen molar-refractivity contribution < 1.29 is 37.3 Å². The van der Waals surface area contributed by atoms with E-state index < -0.39 is 25.9 Å². The summed E-state index contributed by atoms with van der Waals surface area (Å²) >= 11 is 0. The van der Waals surface area contributed by atoms with Crippen molar-refractivity contribution in [2.75, 3.05) is 40.9 Å². The molecule has 0 saturated heterocycles. The zero-order chi connectivity index (χ0) is 55.0. The predicted octanol–water partition coefficient (Wildman–Crippen LogP) is 18.6. The van der Waals surface area contributed by atoms with Crippen molar-refractivity contribution in [3.8, 4) is 0 Å². The molecule has 0 aliphatic carbocycles. The second-order valence-corrected chi connectivity index (χ2v) is 22.6. The first-order valence-corrected chi connectivity index (χ1v) is 31.7. The molecule has 0 heterocycles. The number of hydrogen-bond donors (Lipinski definition) is 2. The third-order valence-corrected chi connectivity index (χ3v) is 13.7. The monoisotopic (exact) mass is 1070 g/mol. The van der Waals surface area contributed by atoms with Crippen LogP contribution in [0.2, 0.25) is 0 Å². The first-order valence-electron chi connectivity index (χ1n) is 30.2. The molecule has 2 N–H and O–H groups in total. The van der Waals surface area contributed by atoms with Crippen molar-refractivity contribution in [2.45, 2.75) is 251 Å². The Labute approximate surface area is 461 Å². The number of quaternary nitrogens is 1. The third-order valence-electron chi connectivity index (χ3n) is 12.7. The van der Waals surface area contributed by atoms with Crippen LogP contribution in [0, 0.1) is 0 Å². The maximum Gasteiger partial charge on any atom is 0.472 e. The number of hydrogen-bond acceptors (Lipinski definition) is 6. The number of carbonyl (C=O) groups is 2.